The molecule has 5 rings (SSSR count). The van der Waals surface area contributed by atoms with Crippen LogP contribution in [0.2, 0.25) is 0 Å². The van der Waals surface area contributed by atoms with Crippen LogP contribution in [-0.4, -0.2) is 29.6 Å². The number of carbonyl (C=O) groups is 1. The number of para-hydroxylation sites is 2. The van der Waals surface area contributed by atoms with Gasteiger partial charge in [-0.1, -0.05) is 55.5 Å². The molecule has 0 saturated carbocycles. The van der Waals surface area contributed by atoms with Gasteiger partial charge >= 0.3 is 6.03 Å². The molecule has 1 aliphatic rings. The molecular weight excluding hydrogens is 398 g/mol. The van der Waals surface area contributed by atoms with Gasteiger partial charge in [-0.3, -0.25) is 0 Å². The van der Waals surface area contributed by atoms with E-state index in [1.807, 2.05) is 53.4 Å². The third-order valence-electron chi connectivity index (χ3n) is 6.37. The Labute approximate surface area is 188 Å². The van der Waals surface area contributed by atoms with Crippen LogP contribution in [0.1, 0.15) is 35.3 Å². The highest BCUT2D eigenvalue weighted by atomic mass is 16.5. The van der Waals surface area contributed by atoms with Gasteiger partial charge in [0, 0.05) is 28.8 Å². The van der Waals surface area contributed by atoms with Crippen molar-refractivity contribution in [1.29, 1.82) is 0 Å². The minimum absolute atomic E-state index is 0.0870. The lowest BCUT2D eigenvalue weighted by molar-refractivity contribution is 0.193. The monoisotopic (exact) mass is 425 g/mol. The summed E-state index contributed by atoms with van der Waals surface area (Å²) in [6, 6.07) is 24.1. The lowest BCUT2D eigenvalue weighted by Crippen LogP contribution is -2.43. The second kappa shape index (κ2) is 8.42. The maximum atomic E-state index is 13.5. The van der Waals surface area contributed by atoms with E-state index in [-0.39, 0.29) is 12.1 Å². The van der Waals surface area contributed by atoms with Crippen LogP contribution in [-0.2, 0) is 12.8 Å². The van der Waals surface area contributed by atoms with Crippen LogP contribution in [0.15, 0.2) is 72.8 Å². The zero-order chi connectivity index (χ0) is 22.1. The summed E-state index contributed by atoms with van der Waals surface area (Å²) < 4.78 is 5.35. The molecule has 1 aliphatic heterocycles. The molecule has 32 heavy (non-hydrogen) atoms. The molecule has 2 amide bonds. The van der Waals surface area contributed by atoms with E-state index in [2.05, 4.69) is 41.5 Å². The Morgan fingerprint density at radius 3 is 2.59 bits per heavy atom. The van der Waals surface area contributed by atoms with Crippen LogP contribution < -0.4 is 10.1 Å². The van der Waals surface area contributed by atoms with Crippen molar-refractivity contribution in [3.05, 3.63) is 95.2 Å². The molecule has 3 aromatic carbocycles. The number of hydrogen-bond donors (Lipinski definition) is 2. The first-order valence-electron chi connectivity index (χ1n) is 11.1. The topological polar surface area (TPSA) is 57.4 Å². The zero-order valence-corrected chi connectivity index (χ0v) is 18.4. The lowest BCUT2D eigenvalue weighted by atomic mass is 9.92. The highest BCUT2D eigenvalue weighted by Crippen LogP contribution is 2.39. The molecular formula is C27H27N3O2. The van der Waals surface area contributed by atoms with E-state index in [1.165, 1.54) is 10.9 Å². The number of aromatic amines is 1. The predicted octanol–water partition coefficient (Wildman–Crippen LogP) is 5.92. The van der Waals surface area contributed by atoms with Gasteiger partial charge < -0.3 is 19.9 Å². The van der Waals surface area contributed by atoms with Gasteiger partial charge in [-0.05, 0) is 53.8 Å². The number of rotatable bonds is 4. The Morgan fingerprint density at radius 1 is 1.06 bits per heavy atom. The normalized spacial score (nSPS) is 15.4. The molecule has 5 heteroatoms. The number of urea groups is 1. The van der Waals surface area contributed by atoms with Gasteiger partial charge in [0.05, 0.1) is 13.2 Å². The number of benzene rings is 3. The van der Waals surface area contributed by atoms with Gasteiger partial charge in [0.1, 0.15) is 5.75 Å². The van der Waals surface area contributed by atoms with Crippen LogP contribution >= 0.6 is 0 Å². The van der Waals surface area contributed by atoms with Crippen molar-refractivity contribution < 1.29 is 9.53 Å². The van der Waals surface area contributed by atoms with Crippen molar-refractivity contribution in [3.8, 4) is 5.75 Å². The van der Waals surface area contributed by atoms with Crippen molar-refractivity contribution in [2.45, 2.75) is 25.8 Å². The average molecular weight is 426 g/mol. The lowest BCUT2D eigenvalue weighted by Gasteiger charge is -2.36. The van der Waals surface area contributed by atoms with Crippen LogP contribution in [0.25, 0.3) is 10.9 Å². The number of nitrogens with one attached hydrogen (secondary N) is 2. The number of aromatic nitrogens is 1. The molecule has 0 fully saturated rings. The fourth-order valence-electron chi connectivity index (χ4n) is 4.73. The number of hydrogen-bond acceptors (Lipinski definition) is 2. The highest BCUT2D eigenvalue weighted by Gasteiger charge is 2.34. The van der Waals surface area contributed by atoms with E-state index in [0.717, 1.165) is 46.6 Å². The van der Waals surface area contributed by atoms with Crippen LogP contribution in [0.3, 0.4) is 0 Å². The molecule has 5 nitrogen and oxygen atoms in total. The first-order chi connectivity index (χ1) is 15.7. The number of fused-ring (bicyclic) bond motifs is 3. The Morgan fingerprint density at radius 2 is 1.81 bits per heavy atom. The SMILES string of the molecule is CCc1ccccc1NC(=O)N1CCc2c([nH]c3ccccc23)[C@@H]1c1ccc(OC)cc1. The number of anilines is 1. The maximum Gasteiger partial charge on any atom is 0.322 e. The summed E-state index contributed by atoms with van der Waals surface area (Å²) in [6.45, 7) is 2.74. The summed E-state index contributed by atoms with van der Waals surface area (Å²) in [4.78, 5) is 19.1. The maximum absolute atomic E-state index is 13.5. The number of aryl methyl sites for hydroxylation is 1. The van der Waals surface area contributed by atoms with E-state index in [4.69, 9.17) is 4.74 Å². The van der Waals surface area contributed by atoms with Gasteiger partial charge in [-0.15, -0.1) is 0 Å². The highest BCUT2D eigenvalue weighted by molar-refractivity contribution is 5.92. The van der Waals surface area contributed by atoms with Crippen molar-refractivity contribution >= 4 is 22.6 Å². The third-order valence-corrected chi connectivity index (χ3v) is 6.37. The van der Waals surface area contributed by atoms with E-state index in [1.54, 1.807) is 7.11 Å². The van der Waals surface area contributed by atoms with Gasteiger partial charge in [0.15, 0.2) is 0 Å². The number of H-pyrrole nitrogens is 1. The molecule has 0 saturated heterocycles. The van der Waals surface area contributed by atoms with Crippen LogP contribution in [0, 0.1) is 0 Å². The molecule has 0 radical (unpaired) electrons. The number of nitrogens with zero attached hydrogens (tertiary/aromatic N) is 1. The summed E-state index contributed by atoms with van der Waals surface area (Å²) >= 11 is 0. The molecule has 0 aliphatic carbocycles. The molecule has 1 aromatic heterocycles. The average Bonchev–Trinajstić information content (AvgIpc) is 3.22. The van der Waals surface area contributed by atoms with Crippen LogP contribution in [0.5, 0.6) is 5.75 Å². The quantitative estimate of drug-likeness (QED) is 0.426. The Bertz CT molecular complexity index is 1260. The summed E-state index contributed by atoms with van der Waals surface area (Å²) in [6.07, 6.45) is 1.68. The summed E-state index contributed by atoms with van der Waals surface area (Å²) in [7, 11) is 1.66. The van der Waals surface area contributed by atoms with Crippen molar-refractivity contribution in [3.63, 3.8) is 0 Å². The molecule has 2 N–H and O–H groups in total. The van der Waals surface area contributed by atoms with E-state index in [0.29, 0.717) is 6.54 Å². The summed E-state index contributed by atoms with van der Waals surface area (Å²) in [5.41, 5.74) is 6.54. The number of methoxy groups -OCH3 is 1. The summed E-state index contributed by atoms with van der Waals surface area (Å²) in [5.74, 6) is 0.800. The third kappa shape index (κ3) is 3.50. The molecule has 2 heterocycles. The van der Waals surface area contributed by atoms with Gasteiger partial charge in [0.25, 0.3) is 0 Å². The standard InChI is InChI=1S/C27H27N3O2/c1-3-18-8-4-6-10-23(18)29-27(31)30-17-16-22-21-9-5-7-11-24(21)28-25(22)26(30)19-12-14-20(32-2)15-13-19/h4-15,26,28H,3,16-17H2,1-2H3,(H,29,31)/t26-/m0/s1. The molecule has 4 aromatic rings. The molecule has 0 bridgehead atoms. The predicted molar refractivity (Wildman–Crippen MR) is 128 cm³/mol. The molecule has 0 unspecified atom stereocenters. The van der Waals surface area contributed by atoms with Gasteiger partial charge in [-0.2, -0.15) is 0 Å². The minimum atomic E-state index is -0.203. The second-order valence-corrected chi connectivity index (χ2v) is 8.12. The van der Waals surface area contributed by atoms with Crippen LogP contribution in [0.4, 0.5) is 10.5 Å². The number of carbonyl (C=O) groups excluding carboxylic acids is 1. The zero-order valence-electron chi connectivity index (χ0n) is 18.4. The van der Waals surface area contributed by atoms with Gasteiger partial charge in [-0.25, -0.2) is 4.79 Å². The van der Waals surface area contributed by atoms with E-state index >= 15 is 0 Å². The number of amides is 2. The Kier molecular flexibility index (Phi) is 5.31. The van der Waals surface area contributed by atoms with E-state index in [9.17, 15) is 4.79 Å². The largest absolute Gasteiger partial charge is 0.497 e. The van der Waals surface area contributed by atoms with E-state index < -0.39 is 0 Å². The fraction of sp³-hybridized carbons (Fsp3) is 0.222. The smallest absolute Gasteiger partial charge is 0.322 e. The molecule has 1 atom stereocenters. The first kappa shape index (κ1) is 20.2. The fourth-order valence-corrected chi connectivity index (χ4v) is 4.73. The van der Waals surface area contributed by atoms with Gasteiger partial charge in [0.2, 0.25) is 0 Å². The summed E-state index contributed by atoms with van der Waals surface area (Å²) in [5, 5.41) is 4.40. The Hall–Kier alpha value is -3.73. The molecule has 0 spiro atoms. The van der Waals surface area contributed by atoms with Crippen molar-refractivity contribution in [1.82, 2.24) is 9.88 Å². The minimum Gasteiger partial charge on any atom is -0.497 e. The molecule has 162 valence electrons. The second-order valence-electron chi connectivity index (χ2n) is 8.12. The van der Waals surface area contributed by atoms with Crippen molar-refractivity contribution in [2.75, 3.05) is 19.0 Å². The van der Waals surface area contributed by atoms with Crippen molar-refractivity contribution in [2.24, 2.45) is 0 Å². The first-order valence-corrected chi connectivity index (χ1v) is 11.1. The number of ether oxygens (including phenoxy) is 1. The Balaban J connectivity index is 1.57.